The minimum Gasteiger partial charge on any atom is -0.468 e. The number of nitrogens with one attached hydrogen (secondary N) is 1. The number of nitrogens with zero attached hydrogens (tertiary/aromatic N) is 1. The fourth-order valence-corrected chi connectivity index (χ4v) is 3.61. The van der Waals surface area contributed by atoms with Crippen molar-refractivity contribution in [1.29, 1.82) is 0 Å². The number of aliphatic hydroxyl groups is 1. The molecule has 0 aromatic heterocycles. The predicted molar refractivity (Wildman–Crippen MR) is 64.9 cm³/mol. The number of esters is 1. The maximum Gasteiger partial charge on any atom is 0.324 e. The Bertz CT molecular complexity index is 414. The number of carbonyl (C=O) groups is 1. The second-order valence-electron chi connectivity index (χ2n) is 5.36. The van der Waals surface area contributed by atoms with Gasteiger partial charge in [0.05, 0.1) is 13.2 Å². The zero-order valence-electron chi connectivity index (χ0n) is 11.0. The zero-order chi connectivity index (χ0) is 14.1. The van der Waals surface area contributed by atoms with Crippen molar-refractivity contribution >= 4 is 16.2 Å². The second-order valence-corrected chi connectivity index (χ2v) is 6.98. The van der Waals surface area contributed by atoms with Crippen LogP contribution in [0, 0.1) is 0 Å². The van der Waals surface area contributed by atoms with Gasteiger partial charge in [-0.15, -0.1) is 0 Å². The SMILES string of the molecule is COC(=O)C1CC(O)CN1S(=O)(=O)NC(C)(C)C. The van der Waals surface area contributed by atoms with Crippen molar-refractivity contribution in [2.75, 3.05) is 13.7 Å². The molecule has 2 unspecified atom stereocenters. The van der Waals surface area contributed by atoms with Crippen LogP contribution in [0.5, 0.6) is 0 Å². The molecule has 2 N–H and O–H groups in total. The molecular formula is C10H20N2O5S. The summed E-state index contributed by atoms with van der Waals surface area (Å²) in [7, 11) is -2.64. The number of β-amino-alcohol motifs (C(OH)–C–C–N with tert-alkyl or cyclic N) is 1. The number of ether oxygens (including phenoxy) is 1. The lowest BCUT2D eigenvalue weighted by Gasteiger charge is -2.27. The first-order valence-electron chi connectivity index (χ1n) is 5.63. The molecule has 2 atom stereocenters. The molecular weight excluding hydrogens is 260 g/mol. The van der Waals surface area contributed by atoms with Crippen LogP contribution in [0.4, 0.5) is 0 Å². The van der Waals surface area contributed by atoms with Crippen LogP contribution in [-0.4, -0.2) is 55.1 Å². The fourth-order valence-electron chi connectivity index (χ4n) is 1.85. The van der Waals surface area contributed by atoms with Crippen LogP contribution < -0.4 is 4.72 Å². The highest BCUT2D eigenvalue weighted by molar-refractivity contribution is 7.87. The number of carbonyl (C=O) groups excluding carboxylic acids is 1. The average Bonchev–Trinajstić information content (AvgIpc) is 2.56. The quantitative estimate of drug-likeness (QED) is 0.662. The summed E-state index contributed by atoms with van der Waals surface area (Å²) in [6, 6.07) is -0.968. The van der Waals surface area contributed by atoms with Crippen LogP contribution in [0.25, 0.3) is 0 Å². The van der Waals surface area contributed by atoms with Crippen molar-refractivity contribution in [3.63, 3.8) is 0 Å². The third kappa shape index (κ3) is 3.64. The first-order chi connectivity index (χ1) is 8.07. The van der Waals surface area contributed by atoms with E-state index in [4.69, 9.17) is 0 Å². The molecule has 0 aromatic rings. The molecule has 0 spiro atoms. The minimum absolute atomic E-state index is 0.0533. The van der Waals surface area contributed by atoms with Gasteiger partial charge in [0, 0.05) is 18.5 Å². The number of methoxy groups -OCH3 is 1. The van der Waals surface area contributed by atoms with E-state index in [2.05, 4.69) is 9.46 Å². The van der Waals surface area contributed by atoms with Crippen LogP contribution in [0.3, 0.4) is 0 Å². The average molecular weight is 280 g/mol. The Hall–Kier alpha value is -0.700. The van der Waals surface area contributed by atoms with Gasteiger partial charge < -0.3 is 9.84 Å². The first-order valence-corrected chi connectivity index (χ1v) is 7.07. The standard InChI is InChI=1S/C10H20N2O5S/c1-10(2,3)11-18(15,16)12-6-7(13)5-8(12)9(14)17-4/h7-8,11,13H,5-6H2,1-4H3. The van der Waals surface area contributed by atoms with Gasteiger partial charge in [-0.2, -0.15) is 17.4 Å². The molecule has 0 amide bonds. The van der Waals surface area contributed by atoms with Crippen LogP contribution in [0.1, 0.15) is 27.2 Å². The number of hydrogen-bond donors (Lipinski definition) is 2. The summed E-state index contributed by atoms with van der Waals surface area (Å²) in [5.41, 5.74) is -0.660. The van der Waals surface area contributed by atoms with Crippen molar-refractivity contribution in [3.8, 4) is 0 Å². The van der Waals surface area contributed by atoms with Gasteiger partial charge in [-0.1, -0.05) is 0 Å². The van der Waals surface area contributed by atoms with Gasteiger partial charge in [0.15, 0.2) is 0 Å². The van der Waals surface area contributed by atoms with E-state index in [9.17, 15) is 18.3 Å². The smallest absolute Gasteiger partial charge is 0.324 e. The minimum atomic E-state index is -3.83. The van der Waals surface area contributed by atoms with Crippen molar-refractivity contribution in [3.05, 3.63) is 0 Å². The monoisotopic (exact) mass is 280 g/mol. The molecule has 1 heterocycles. The molecule has 1 rings (SSSR count). The Morgan fingerprint density at radius 2 is 2.00 bits per heavy atom. The van der Waals surface area contributed by atoms with E-state index < -0.39 is 33.9 Å². The number of hydrogen-bond acceptors (Lipinski definition) is 5. The highest BCUT2D eigenvalue weighted by Gasteiger charge is 2.44. The van der Waals surface area contributed by atoms with E-state index in [1.807, 2.05) is 0 Å². The summed E-state index contributed by atoms with van der Waals surface area (Å²) in [5, 5.41) is 9.53. The summed E-state index contributed by atoms with van der Waals surface area (Å²) >= 11 is 0. The zero-order valence-corrected chi connectivity index (χ0v) is 11.8. The van der Waals surface area contributed by atoms with Crippen molar-refractivity contribution in [1.82, 2.24) is 9.03 Å². The Morgan fingerprint density at radius 1 is 1.44 bits per heavy atom. The van der Waals surface area contributed by atoms with Gasteiger partial charge in [0.1, 0.15) is 6.04 Å². The molecule has 1 aliphatic rings. The number of rotatable bonds is 3. The molecule has 7 nitrogen and oxygen atoms in total. The normalized spacial score (nSPS) is 26.3. The third-order valence-electron chi connectivity index (χ3n) is 2.45. The molecule has 0 aromatic carbocycles. The highest BCUT2D eigenvalue weighted by Crippen LogP contribution is 2.22. The summed E-state index contributed by atoms with van der Waals surface area (Å²) in [5.74, 6) is -0.661. The molecule has 0 aliphatic carbocycles. The molecule has 1 aliphatic heterocycles. The van der Waals surface area contributed by atoms with Gasteiger partial charge in [0.25, 0.3) is 10.2 Å². The van der Waals surface area contributed by atoms with Gasteiger partial charge in [-0.05, 0) is 20.8 Å². The Balaban J connectivity index is 2.95. The lowest BCUT2D eigenvalue weighted by Crippen LogP contribution is -2.52. The number of aliphatic hydroxyl groups excluding tert-OH is 1. The van der Waals surface area contributed by atoms with E-state index in [1.165, 1.54) is 7.11 Å². The van der Waals surface area contributed by atoms with E-state index >= 15 is 0 Å². The lowest BCUT2D eigenvalue weighted by molar-refractivity contribution is -0.144. The van der Waals surface area contributed by atoms with Gasteiger partial charge in [0.2, 0.25) is 0 Å². The van der Waals surface area contributed by atoms with Crippen molar-refractivity contribution < 1.29 is 23.1 Å². The molecule has 0 saturated carbocycles. The van der Waals surface area contributed by atoms with E-state index in [-0.39, 0.29) is 13.0 Å². The van der Waals surface area contributed by atoms with E-state index in [0.717, 1.165) is 4.31 Å². The van der Waals surface area contributed by atoms with Crippen LogP contribution in [0.2, 0.25) is 0 Å². The topological polar surface area (TPSA) is 95.9 Å². The van der Waals surface area contributed by atoms with Crippen LogP contribution in [-0.2, 0) is 19.7 Å². The summed E-state index contributed by atoms with van der Waals surface area (Å²) < 4.78 is 32.2. The first kappa shape index (κ1) is 15.4. The molecule has 1 fully saturated rings. The van der Waals surface area contributed by atoms with Gasteiger partial charge in [-0.25, -0.2) is 0 Å². The molecule has 18 heavy (non-hydrogen) atoms. The molecule has 8 heteroatoms. The van der Waals surface area contributed by atoms with Crippen molar-refractivity contribution in [2.24, 2.45) is 0 Å². The summed E-state index contributed by atoms with van der Waals surface area (Å²) in [6.07, 6.45) is -0.803. The van der Waals surface area contributed by atoms with E-state index in [0.29, 0.717) is 0 Å². The molecule has 0 bridgehead atoms. The maximum atomic E-state index is 12.1. The predicted octanol–water partition coefficient (Wildman–Crippen LogP) is -0.772. The summed E-state index contributed by atoms with van der Waals surface area (Å²) in [6.45, 7) is 4.99. The molecule has 106 valence electrons. The van der Waals surface area contributed by atoms with Crippen molar-refractivity contribution in [2.45, 2.75) is 44.9 Å². The summed E-state index contributed by atoms with van der Waals surface area (Å²) in [4.78, 5) is 11.5. The highest BCUT2D eigenvalue weighted by atomic mass is 32.2. The Morgan fingerprint density at radius 3 is 2.44 bits per heavy atom. The van der Waals surface area contributed by atoms with Crippen LogP contribution in [0.15, 0.2) is 0 Å². The third-order valence-corrected chi connectivity index (χ3v) is 4.34. The molecule has 0 radical (unpaired) electrons. The maximum absolute atomic E-state index is 12.1. The Kier molecular flexibility index (Phi) is 4.37. The Labute approximate surface area is 107 Å². The van der Waals surface area contributed by atoms with Gasteiger partial charge in [-0.3, -0.25) is 4.79 Å². The van der Waals surface area contributed by atoms with E-state index in [1.54, 1.807) is 20.8 Å². The fraction of sp³-hybridized carbons (Fsp3) is 0.900. The lowest BCUT2D eigenvalue weighted by atomic mass is 10.1. The largest absolute Gasteiger partial charge is 0.468 e. The van der Waals surface area contributed by atoms with Crippen LogP contribution >= 0.6 is 0 Å². The van der Waals surface area contributed by atoms with Gasteiger partial charge >= 0.3 is 5.97 Å². The second kappa shape index (κ2) is 5.12. The molecule has 1 saturated heterocycles.